The van der Waals surface area contributed by atoms with Crippen LogP contribution in [-0.2, 0) is 15.1 Å². The quantitative estimate of drug-likeness (QED) is 0.489. The number of nitrogens with one attached hydrogen (secondary N) is 1. The Hall–Kier alpha value is -3.84. The average Bonchev–Trinajstić information content (AvgIpc) is 2.91. The molecule has 7 nitrogen and oxygen atoms in total. The number of nitrogens with zero attached hydrogens (tertiary/aromatic N) is 3. The summed E-state index contributed by atoms with van der Waals surface area (Å²) in [5.41, 5.74) is -0.662. The smallest absolute Gasteiger partial charge is 0.319 e. The highest BCUT2D eigenvalue weighted by Gasteiger charge is 2.49. The van der Waals surface area contributed by atoms with Crippen molar-refractivity contribution in [3.8, 4) is 18.4 Å². The molecule has 1 fully saturated rings. The van der Waals surface area contributed by atoms with Crippen LogP contribution >= 0.6 is 0 Å². The van der Waals surface area contributed by atoms with Gasteiger partial charge in [0.2, 0.25) is 5.91 Å². The van der Waals surface area contributed by atoms with Crippen molar-refractivity contribution in [1.82, 2.24) is 15.1 Å². The van der Waals surface area contributed by atoms with E-state index in [1.165, 1.54) is 0 Å². The van der Waals surface area contributed by atoms with Crippen LogP contribution in [0, 0.1) is 23.7 Å². The molecule has 140 valence electrons. The van der Waals surface area contributed by atoms with Gasteiger partial charge in [-0.05, 0) is 29.3 Å². The molecule has 1 saturated heterocycles. The molecule has 7 heteroatoms. The molecule has 0 aliphatic carbocycles. The van der Waals surface area contributed by atoms with Crippen molar-refractivity contribution in [3.05, 3.63) is 48.0 Å². The van der Waals surface area contributed by atoms with E-state index in [0.717, 1.165) is 20.6 Å². The second-order valence-corrected chi connectivity index (χ2v) is 6.62. The number of rotatable bonds is 5. The first-order valence-electron chi connectivity index (χ1n) is 8.62. The van der Waals surface area contributed by atoms with Crippen LogP contribution < -0.4 is 5.32 Å². The number of terminal acetylenes is 1. The Kier molecular flexibility index (Phi) is 5.02. The lowest BCUT2D eigenvalue weighted by atomic mass is 9.90. The van der Waals surface area contributed by atoms with E-state index in [0.29, 0.717) is 5.56 Å². The molecule has 0 bridgehead atoms. The Morgan fingerprint density at radius 2 is 1.93 bits per heavy atom. The van der Waals surface area contributed by atoms with Gasteiger partial charge >= 0.3 is 6.03 Å². The second-order valence-electron chi connectivity index (χ2n) is 6.62. The van der Waals surface area contributed by atoms with Gasteiger partial charge in [0, 0.05) is 0 Å². The Bertz CT molecular complexity index is 1030. The lowest BCUT2D eigenvalue weighted by Gasteiger charge is -2.23. The molecule has 0 saturated carbocycles. The van der Waals surface area contributed by atoms with Gasteiger partial charge < -0.3 is 10.2 Å². The SMILES string of the molecule is C#CCN(CC#N)C(=O)CN1C(=O)NC(C)(c2ccc3ccccc3c2)C1=O. The van der Waals surface area contributed by atoms with Crippen LogP contribution in [-0.4, -0.2) is 47.3 Å². The second kappa shape index (κ2) is 7.42. The van der Waals surface area contributed by atoms with Crippen LogP contribution in [0.3, 0.4) is 0 Å². The third-order valence-corrected chi connectivity index (χ3v) is 4.79. The molecule has 1 atom stereocenters. The lowest BCUT2D eigenvalue weighted by molar-refractivity contribution is -0.138. The van der Waals surface area contributed by atoms with Gasteiger partial charge in [-0.15, -0.1) is 6.42 Å². The molecular formula is C21H18N4O3. The first-order valence-corrected chi connectivity index (χ1v) is 8.62. The van der Waals surface area contributed by atoms with E-state index in [9.17, 15) is 14.4 Å². The topological polar surface area (TPSA) is 93.5 Å². The third-order valence-electron chi connectivity index (χ3n) is 4.79. The van der Waals surface area contributed by atoms with Gasteiger partial charge in [0.15, 0.2) is 0 Å². The molecule has 28 heavy (non-hydrogen) atoms. The number of benzene rings is 2. The van der Waals surface area contributed by atoms with Crippen molar-refractivity contribution in [2.75, 3.05) is 19.6 Å². The summed E-state index contributed by atoms with van der Waals surface area (Å²) in [7, 11) is 0. The molecule has 4 amide bonds. The molecule has 0 aromatic heterocycles. The molecule has 0 radical (unpaired) electrons. The summed E-state index contributed by atoms with van der Waals surface area (Å²) in [5.74, 6) is 1.20. The highest BCUT2D eigenvalue weighted by atomic mass is 16.2. The number of carbonyl (C=O) groups is 3. The van der Waals surface area contributed by atoms with Gasteiger partial charge in [0.05, 0.1) is 12.6 Å². The zero-order chi connectivity index (χ0) is 20.3. The monoisotopic (exact) mass is 374 g/mol. The fraction of sp³-hybridized carbons (Fsp3) is 0.238. The van der Waals surface area contributed by atoms with Gasteiger partial charge in [-0.25, -0.2) is 4.79 Å². The molecule has 3 rings (SSSR count). The van der Waals surface area contributed by atoms with Crippen LogP contribution in [0.25, 0.3) is 10.8 Å². The molecule has 1 heterocycles. The maximum absolute atomic E-state index is 13.0. The number of carbonyl (C=O) groups excluding carboxylic acids is 3. The third kappa shape index (κ3) is 3.26. The number of nitriles is 1. The van der Waals surface area contributed by atoms with E-state index in [2.05, 4.69) is 11.2 Å². The van der Waals surface area contributed by atoms with E-state index in [4.69, 9.17) is 11.7 Å². The average molecular weight is 374 g/mol. The van der Waals surface area contributed by atoms with E-state index in [1.54, 1.807) is 13.0 Å². The van der Waals surface area contributed by atoms with Gasteiger partial charge in [-0.3, -0.25) is 14.5 Å². The number of imide groups is 1. The predicted molar refractivity (Wildman–Crippen MR) is 103 cm³/mol. The van der Waals surface area contributed by atoms with Crippen LogP contribution in [0.5, 0.6) is 0 Å². The minimum absolute atomic E-state index is 0.0714. The molecule has 1 aliphatic rings. The first-order chi connectivity index (χ1) is 13.4. The zero-order valence-corrected chi connectivity index (χ0v) is 15.3. The largest absolute Gasteiger partial charge is 0.325 e. The zero-order valence-electron chi connectivity index (χ0n) is 15.3. The van der Waals surface area contributed by atoms with Crippen molar-refractivity contribution in [3.63, 3.8) is 0 Å². The summed E-state index contributed by atoms with van der Waals surface area (Å²) in [4.78, 5) is 39.8. The summed E-state index contributed by atoms with van der Waals surface area (Å²) in [6.45, 7) is 0.847. The summed E-state index contributed by atoms with van der Waals surface area (Å²) in [6.07, 6.45) is 5.21. The van der Waals surface area contributed by atoms with E-state index in [-0.39, 0.29) is 13.1 Å². The maximum Gasteiger partial charge on any atom is 0.325 e. The van der Waals surface area contributed by atoms with Crippen LogP contribution in [0.1, 0.15) is 12.5 Å². The fourth-order valence-corrected chi connectivity index (χ4v) is 3.20. The Balaban J connectivity index is 1.86. The van der Waals surface area contributed by atoms with Crippen molar-refractivity contribution >= 4 is 28.6 Å². The van der Waals surface area contributed by atoms with E-state index >= 15 is 0 Å². The lowest BCUT2D eigenvalue weighted by Crippen LogP contribution is -2.44. The van der Waals surface area contributed by atoms with Crippen LogP contribution in [0.2, 0.25) is 0 Å². The molecule has 2 aromatic rings. The summed E-state index contributed by atoms with van der Waals surface area (Å²) in [5, 5.41) is 13.5. The number of fused-ring (bicyclic) bond motifs is 1. The van der Waals surface area contributed by atoms with Crippen molar-refractivity contribution in [2.24, 2.45) is 0 Å². The minimum Gasteiger partial charge on any atom is -0.319 e. The van der Waals surface area contributed by atoms with Crippen LogP contribution in [0.15, 0.2) is 42.5 Å². The van der Waals surface area contributed by atoms with E-state index in [1.807, 2.05) is 42.5 Å². The highest BCUT2D eigenvalue weighted by Crippen LogP contribution is 2.31. The Morgan fingerprint density at radius 1 is 1.21 bits per heavy atom. The first kappa shape index (κ1) is 18.9. The summed E-state index contributed by atoms with van der Waals surface area (Å²) in [6, 6.07) is 14.4. The molecule has 1 aliphatic heterocycles. The summed E-state index contributed by atoms with van der Waals surface area (Å²) >= 11 is 0. The van der Waals surface area contributed by atoms with Crippen molar-refractivity contribution in [2.45, 2.75) is 12.5 Å². The van der Waals surface area contributed by atoms with E-state index < -0.39 is 29.9 Å². The highest BCUT2D eigenvalue weighted by molar-refractivity contribution is 6.09. The molecule has 0 spiro atoms. The molecule has 1 N–H and O–H groups in total. The van der Waals surface area contributed by atoms with Gasteiger partial charge in [0.1, 0.15) is 18.6 Å². The minimum atomic E-state index is -1.28. The Labute approximate surface area is 162 Å². The Morgan fingerprint density at radius 3 is 2.61 bits per heavy atom. The van der Waals surface area contributed by atoms with Crippen LogP contribution in [0.4, 0.5) is 4.79 Å². The van der Waals surface area contributed by atoms with Gasteiger partial charge in [-0.1, -0.05) is 42.3 Å². The molecule has 2 aromatic carbocycles. The fourth-order valence-electron chi connectivity index (χ4n) is 3.20. The predicted octanol–water partition coefficient (Wildman–Crippen LogP) is 1.59. The number of amides is 4. The standard InChI is InChI=1S/C21H18N4O3/c1-3-11-24(12-10-22)18(26)14-25-19(27)21(2,23-20(25)28)17-9-8-15-6-4-5-7-16(15)13-17/h1,4-9,13H,11-12,14H2,2H3,(H,23,28). The molecular weight excluding hydrogens is 356 g/mol. The summed E-state index contributed by atoms with van der Waals surface area (Å²) < 4.78 is 0. The van der Waals surface area contributed by atoms with Crippen molar-refractivity contribution < 1.29 is 14.4 Å². The van der Waals surface area contributed by atoms with Crippen molar-refractivity contribution in [1.29, 1.82) is 5.26 Å². The number of hydrogen-bond donors (Lipinski definition) is 1. The number of hydrogen-bond acceptors (Lipinski definition) is 4. The number of urea groups is 1. The van der Waals surface area contributed by atoms with Gasteiger partial charge in [0.25, 0.3) is 5.91 Å². The normalized spacial score (nSPS) is 18.5. The van der Waals surface area contributed by atoms with Gasteiger partial charge in [-0.2, -0.15) is 5.26 Å². The molecule has 1 unspecified atom stereocenters. The maximum atomic E-state index is 13.0.